The minimum absolute atomic E-state index is 0.112. The average molecular weight is 319 g/mol. The molecule has 5 nitrogen and oxygen atoms in total. The molecule has 1 amide bonds. The Hall–Kier alpha value is -1.59. The molecular formula is C18H29N3O2. The van der Waals surface area contributed by atoms with E-state index in [9.17, 15) is 4.79 Å². The summed E-state index contributed by atoms with van der Waals surface area (Å²) in [6.45, 7) is 3.70. The Balaban J connectivity index is 1.66. The van der Waals surface area contributed by atoms with Crippen LogP contribution in [-0.4, -0.2) is 62.6 Å². The van der Waals surface area contributed by atoms with Crippen molar-refractivity contribution in [1.82, 2.24) is 15.1 Å². The van der Waals surface area contributed by atoms with Crippen molar-refractivity contribution in [2.45, 2.75) is 31.8 Å². The van der Waals surface area contributed by atoms with E-state index in [4.69, 9.17) is 4.74 Å². The molecule has 0 aliphatic carbocycles. The number of hydrogen-bond donors (Lipinski definition) is 1. The van der Waals surface area contributed by atoms with Crippen LogP contribution in [0.5, 0.6) is 5.75 Å². The highest BCUT2D eigenvalue weighted by molar-refractivity contribution is 5.76. The van der Waals surface area contributed by atoms with Crippen molar-refractivity contribution in [1.29, 1.82) is 0 Å². The molecule has 0 bridgehead atoms. The molecule has 0 atom stereocenters. The van der Waals surface area contributed by atoms with Crippen LogP contribution in [0.1, 0.15) is 24.8 Å². The van der Waals surface area contributed by atoms with Gasteiger partial charge in [0.1, 0.15) is 5.75 Å². The summed E-state index contributed by atoms with van der Waals surface area (Å²) in [4.78, 5) is 16.7. The Morgan fingerprint density at radius 1 is 1.30 bits per heavy atom. The van der Waals surface area contributed by atoms with Crippen LogP contribution in [0.15, 0.2) is 24.3 Å². The van der Waals surface area contributed by atoms with E-state index in [1.165, 1.54) is 12.8 Å². The predicted octanol–water partition coefficient (Wildman–Crippen LogP) is 1.73. The van der Waals surface area contributed by atoms with Crippen molar-refractivity contribution in [3.8, 4) is 5.75 Å². The molecule has 0 saturated carbocycles. The van der Waals surface area contributed by atoms with Gasteiger partial charge < -0.3 is 19.9 Å². The zero-order valence-corrected chi connectivity index (χ0v) is 14.5. The maximum absolute atomic E-state index is 12.0. The van der Waals surface area contributed by atoms with Gasteiger partial charge in [0.15, 0.2) is 0 Å². The summed E-state index contributed by atoms with van der Waals surface area (Å²) < 4.78 is 5.13. The Morgan fingerprint density at radius 2 is 1.96 bits per heavy atom. The Bertz CT molecular complexity index is 482. The minimum Gasteiger partial charge on any atom is -0.497 e. The quantitative estimate of drug-likeness (QED) is 0.831. The van der Waals surface area contributed by atoms with Gasteiger partial charge >= 0.3 is 0 Å². The topological polar surface area (TPSA) is 44.8 Å². The van der Waals surface area contributed by atoms with E-state index < -0.39 is 0 Å². The van der Waals surface area contributed by atoms with Crippen LogP contribution in [-0.2, 0) is 11.3 Å². The van der Waals surface area contributed by atoms with Gasteiger partial charge in [0, 0.05) is 25.6 Å². The summed E-state index contributed by atoms with van der Waals surface area (Å²) in [7, 11) is 5.95. The zero-order valence-electron chi connectivity index (χ0n) is 14.5. The number of amides is 1. The van der Waals surface area contributed by atoms with Crippen molar-refractivity contribution in [3.05, 3.63) is 29.8 Å². The largest absolute Gasteiger partial charge is 0.497 e. The van der Waals surface area contributed by atoms with Crippen LogP contribution in [0.2, 0.25) is 0 Å². The SMILES string of the molecule is COc1ccc(CNC(=O)CCN(C)C2CCN(C)CC2)cc1. The van der Waals surface area contributed by atoms with Crippen molar-refractivity contribution in [2.75, 3.05) is 40.8 Å². The van der Waals surface area contributed by atoms with E-state index in [0.29, 0.717) is 19.0 Å². The summed E-state index contributed by atoms with van der Waals surface area (Å²) in [5, 5.41) is 2.99. The summed E-state index contributed by atoms with van der Waals surface area (Å²) >= 11 is 0. The molecule has 1 N–H and O–H groups in total. The van der Waals surface area contributed by atoms with Crippen molar-refractivity contribution < 1.29 is 9.53 Å². The lowest BCUT2D eigenvalue weighted by molar-refractivity contribution is -0.121. The van der Waals surface area contributed by atoms with E-state index >= 15 is 0 Å². The molecule has 1 heterocycles. The predicted molar refractivity (Wildman–Crippen MR) is 92.6 cm³/mol. The van der Waals surface area contributed by atoms with Crippen molar-refractivity contribution in [2.24, 2.45) is 0 Å². The molecule has 1 fully saturated rings. The number of rotatable bonds is 7. The van der Waals surface area contributed by atoms with Crippen LogP contribution in [0.25, 0.3) is 0 Å². The highest BCUT2D eigenvalue weighted by Crippen LogP contribution is 2.14. The molecule has 23 heavy (non-hydrogen) atoms. The Kier molecular flexibility index (Phi) is 6.86. The van der Waals surface area contributed by atoms with Gasteiger partial charge in [-0.05, 0) is 57.7 Å². The van der Waals surface area contributed by atoms with Crippen molar-refractivity contribution >= 4 is 5.91 Å². The van der Waals surface area contributed by atoms with Gasteiger partial charge in [0.05, 0.1) is 7.11 Å². The lowest BCUT2D eigenvalue weighted by Gasteiger charge is -2.35. The van der Waals surface area contributed by atoms with Crippen molar-refractivity contribution in [3.63, 3.8) is 0 Å². The standard InChI is InChI=1S/C18H29N3O2/c1-20-11-8-16(9-12-20)21(2)13-10-18(22)19-14-15-4-6-17(23-3)7-5-15/h4-7,16H,8-14H2,1-3H3,(H,19,22). The van der Waals surface area contributed by atoms with Crippen LogP contribution in [0.4, 0.5) is 0 Å². The molecule has 0 radical (unpaired) electrons. The number of ether oxygens (including phenoxy) is 1. The third-order valence-electron chi connectivity index (χ3n) is 4.65. The van der Waals surface area contributed by atoms with Gasteiger partial charge in [-0.2, -0.15) is 0 Å². The highest BCUT2D eigenvalue weighted by Gasteiger charge is 2.20. The Morgan fingerprint density at radius 3 is 2.57 bits per heavy atom. The molecule has 0 unspecified atom stereocenters. The second-order valence-electron chi connectivity index (χ2n) is 6.39. The third-order valence-corrected chi connectivity index (χ3v) is 4.65. The van der Waals surface area contributed by atoms with Crippen LogP contribution in [0.3, 0.4) is 0 Å². The molecule has 1 aromatic carbocycles. The fourth-order valence-electron chi connectivity index (χ4n) is 2.93. The summed E-state index contributed by atoms with van der Waals surface area (Å²) in [6.07, 6.45) is 2.94. The van der Waals surface area contributed by atoms with Gasteiger partial charge in [-0.1, -0.05) is 12.1 Å². The van der Waals surface area contributed by atoms with E-state index in [0.717, 1.165) is 30.9 Å². The lowest BCUT2D eigenvalue weighted by atomic mass is 10.0. The fourth-order valence-corrected chi connectivity index (χ4v) is 2.93. The van der Waals surface area contributed by atoms with Crippen LogP contribution >= 0.6 is 0 Å². The van der Waals surface area contributed by atoms with Gasteiger partial charge in [-0.15, -0.1) is 0 Å². The molecule has 1 aliphatic heterocycles. The maximum Gasteiger partial charge on any atom is 0.221 e. The first-order chi connectivity index (χ1) is 11.1. The second kappa shape index (κ2) is 8.89. The van der Waals surface area contributed by atoms with E-state index in [1.54, 1.807) is 7.11 Å². The molecule has 2 rings (SSSR count). The first-order valence-corrected chi connectivity index (χ1v) is 8.37. The number of likely N-dealkylation sites (tertiary alicyclic amines) is 1. The number of carbonyl (C=O) groups excluding carboxylic acids is 1. The number of nitrogens with one attached hydrogen (secondary N) is 1. The lowest BCUT2D eigenvalue weighted by Crippen LogP contribution is -2.43. The molecule has 0 aromatic heterocycles. The normalized spacial score (nSPS) is 16.5. The molecule has 1 aromatic rings. The van der Waals surface area contributed by atoms with Gasteiger partial charge in [0.2, 0.25) is 5.91 Å². The number of piperidine rings is 1. The average Bonchev–Trinajstić information content (AvgIpc) is 2.59. The van der Waals surface area contributed by atoms with E-state index in [1.807, 2.05) is 24.3 Å². The smallest absolute Gasteiger partial charge is 0.221 e. The molecule has 128 valence electrons. The van der Waals surface area contributed by atoms with E-state index in [-0.39, 0.29) is 5.91 Å². The van der Waals surface area contributed by atoms with Crippen LogP contribution in [0, 0.1) is 0 Å². The van der Waals surface area contributed by atoms with Gasteiger partial charge in [-0.25, -0.2) is 0 Å². The summed E-state index contributed by atoms with van der Waals surface area (Å²) in [5.74, 6) is 0.945. The van der Waals surface area contributed by atoms with Gasteiger partial charge in [-0.3, -0.25) is 4.79 Å². The maximum atomic E-state index is 12.0. The molecule has 1 aliphatic rings. The number of carbonyl (C=O) groups is 1. The second-order valence-corrected chi connectivity index (χ2v) is 6.39. The van der Waals surface area contributed by atoms with E-state index in [2.05, 4.69) is 29.2 Å². The molecule has 1 saturated heterocycles. The summed E-state index contributed by atoms with van der Waals surface area (Å²) in [5.41, 5.74) is 1.09. The number of nitrogens with zero attached hydrogens (tertiary/aromatic N) is 2. The fraction of sp³-hybridized carbons (Fsp3) is 0.611. The summed E-state index contributed by atoms with van der Waals surface area (Å²) in [6, 6.07) is 8.39. The minimum atomic E-state index is 0.112. The highest BCUT2D eigenvalue weighted by atomic mass is 16.5. The zero-order chi connectivity index (χ0) is 16.7. The van der Waals surface area contributed by atoms with Gasteiger partial charge in [0.25, 0.3) is 0 Å². The number of benzene rings is 1. The molecule has 0 spiro atoms. The first kappa shape index (κ1) is 17.8. The Labute approximate surface area is 139 Å². The monoisotopic (exact) mass is 319 g/mol. The molecule has 5 heteroatoms. The number of methoxy groups -OCH3 is 1. The number of hydrogen-bond acceptors (Lipinski definition) is 4. The first-order valence-electron chi connectivity index (χ1n) is 8.37. The molecular weight excluding hydrogens is 290 g/mol. The van der Waals surface area contributed by atoms with Crippen LogP contribution < -0.4 is 10.1 Å². The third kappa shape index (κ3) is 5.84.